The summed E-state index contributed by atoms with van der Waals surface area (Å²) < 4.78 is 38.0. The molecule has 1 heterocycles. The molecule has 0 aliphatic carbocycles. The lowest BCUT2D eigenvalue weighted by atomic mass is 10.2. The molecule has 1 aromatic heterocycles. The van der Waals surface area contributed by atoms with Gasteiger partial charge in [0, 0.05) is 18.8 Å². The molecule has 0 saturated heterocycles. The second-order valence-corrected chi connectivity index (χ2v) is 5.19. The summed E-state index contributed by atoms with van der Waals surface area (Å²) in [6, 6.07) is 3.65. The number of hydrogen-bond donors (Lipinski definition) is 1. The molecule has 0 aromatic carbocycles. The van der Waals surface area contributed by atoms with Crippen LogP contribution in [0, 0.1) is 6.92 Å². The molecule has 0 saturated carbocycles. The molecule has 0 radical (unpaired) electrons. The van der Waals surface area contributed by atoms with Crippen LogP contribution in [-0.4, -0.2) is 30.8 Å². The van der Waals surface area contributed by atoms with Crippen LogP contribution in [0.2, 0.25) is 0 Å². The van der Waals surface area contributed by atoms with Crippen molar-refractivity contribution in [3.63, 3.8) is 0 Å². The highest BCUT2D eigenvalue weighted by Crippen LogP contribution is 2.22. The van der Waals surface area contributed by atoms with Crippen molar-refractivity contribution in [2.75, 3.05) is 24.5 Å². The first kappa shape index (κ1) is 17.8. The second-order valence-electron chi connectivity index (χ2n) is 5.19. The van der Waals surface area contributed by atoms with E-state index in [2.05, 4.69) is 17.2 Å². The first-order chi connectivity index (χ1) is 9.85. The Morgan fingerprint density at radius 1 is 1.19 bits per heavy atom. The van der Waals surface area contributed by atoms with E-state index in [9.17, 15) is 13.2 Å². The zero-order valence-electron chi connectivity index (χ0n) is 12.9. The van der Waals surface area contributed by atoms with E-state index in [1.807, 2.05) is 19.9 Å². The van der Waals surface area contributed by atoms with E-state index in [-0.39, 0.29) is 0 Å². The molecule has 21 heavy (non-hydrogen) atoms. The molecule has 1 rings (SSSR count). The molecule has 0 amide bonds. The van der Waals surface area contributed by atoms with Gasteiger partial charge in [0.1, 0.15) is 12.4 Å². The Kier molecular flexibility index (Phi) is 6.95. The number of anilines is 1. The first-order valence-corrected chi connectivity index (χ1v) is 7.35. The Labute approximate surface area is 124 Å². The molecular weight excluding hydrogens is 279 g/mol. The van der Waals surface area contributed by atoms with E-state index < -0.39 is 12.7 Å². The van der Waals surface area contributed by atoms with Crippen LogP contribution in [0.5, 0.6) is 0 Å². The largest absolute Gasteiger partial charge is 0.405 e. The normalized spacial score (nSPS) is 11.7. The smallest absolute Gasteiger partial charge is 0.348 e. The number of aryl methyl sites for hydroxylation is 1. The predicted molar refractivity (Wildman–Crippen MR) is 79.5 cm³/mol. The molecule has 0 aliphatic heterocycles. The summed E-state index contributed by atoms with van der Waals surface area (Å²) in [5, 5.41) is 3.26. The van der Waals surface area contributed by atoms with Crippen molar-refractivity contribution in [1.29, 1.82) is 0 Å². The minimum absolute atomic E-state index is 0.345. The zero-order chi connectivity index (χ0) is 15.9. The molecule has 0 aliphatic rings. The van der Waals surface area contributed by atoms with E-state index in [0.717, 1.165) is 24.2 Å². The molecule has 0 bridgehead atoms. The quantitative estimate of drug-likeness (QED) is 0.743. The molecule has 0 unspecified atom stereocenters. The van der Waals surface area contributed by atoms with Crippen LogP contribution in [-0.2, 0) is 6.54 Å². The van der Waals surface area contributed by atoms with Crippen molar-refractivity contribution in [1.82, 2.24) is 10.3 Å². The number of pyridine rings is 1. The summed E-state index contributed by atoms with van der Waals surface area (Å²) in [6.07, 6.45) is -2.55. The fourth-order valence-corrected chi connectivity index (χ4v) is 2.16. The van der Waals surface area contributed by atoms with Gasteiger partial charge in [-0.3, -0.25) is 0 Å². The van der Waals surface area contributed by atoms with Gasteiger partial charge in [-0.15, -0.1) is 0 Å². The lowest BCUT2D eigenvalue weighted by Gasteiger charge is -2.25. The van der Waals surface area contributed by atoms with Gasteiger partial charge in [-0.05, 0) is 44.0 Å². The van der Waals surface area contributed by atoms with E-state index in [0.29, 0.717) is 25.3 Å². The third-order valence-corrected chi connectivity index (χ3v) is 2.94. The van der Waals surface area contributed by atoms with Crippen LogP contribution >= 0.6 is 0 Å². The average Bonchev–Trinajstić information content (AvgIpc) is 2.36. The predicted octanol–water partition coefficient (Wildman–Crippen LogP) is 3.67. The molecular formula is C15H24F3N3. The van der Waals surface area contributed by atoms with Crippen molar-refractivity contribution in [2.24, 2.45) is 0 Å². The lowest BCUT2D eigenvalue weighted by Crippen LogP contribution is -2.35. The number of halogens is 3. The Morgan fingerprint density at radius 3 is 2.48 bits per heavy atom. The SMILES string of the molecule is CCCNCc1cc(C)nc(N(CCC)CC(F)(F)F)c1. The van der Waals surface area contributed by atoms with Gasteiger partial charge in [0.25, 0.3) is 0 Å². The van der Waals surface area contributed by atoms with E-state index in [1.54, 1.807) is 6.07 Å². The molecule has 1 N–H and O–H groups in total. The molecule has 0 spiro atoms. The molecule has 3 nitrogen and oxygen atoms in total. The maximum absolute atomic E-state index is 12.7. The van der Waals surface area contributed by atoms with E-state index in [1.165, 1.54) is 4.90 Å². The molecule has 6 heteroatoms. The Balaban J connectivity index is 2.91. The highest BCUT2D eigenvalue weighted by atomic mass is 19.4. The lowest BCUT2D eigenvalue weighted by molar-refractivity contribution is -0.119. The van der Waals surface area contributed by atoms with Crippen LogP contribution < -0.4 is 10.2 Å². The van der Waals surface area contributed by atoms with Gasteiger partial charge in [-0.2, -0.15) is 13.2 Å². The van der Waals surface area contributed by atoms with Gasteiger partial charge in [-0.1, -0.05) is 13.8 Å². The molecule has 120 valence electrons. The summed E-state index contributed by atoms with van der Waals surface area (Å²) in [4.78, 5) is 5.57. The van der Waals surface area contributed by atoms with Crippen molar-refractivity contribution in [3.8, 4) is 0 Å². The zero-order valence-corrected chi connectivity index (χ0v) is 12.9. The van der Waals surface area contributed by atoms with Crippen LogP contribution in [0.4, 0.5) is 19.0 Å². The number of nitrogens with zero attached hydrogens (tertiary/aromatic N) is 2. The second kappa shape index (κ2) is 8.22. The van der Waals surface area contributed by atoms with Crippen molar-refractivity contribution in [2.45, 2.75) is 46.3 Å². The monoisotopic (exact) mass is 303 g/mol. The van der Waals surface area contributed by atoms with Crippen molar-refractivity contribution >= 4 is 5.82 Å². The van der Waals surface area contributed by atoms with Gasteiger partial charge < -0.3 is 10.2 Å². The standard InChI is InChI=1S/C15H24F3N3/c1-4-6-19-10-13-8-12(3)20-14(9-13)21(7-5-2)11-15(16,17)18/h8-9,19H,4-7,10-11H2,1-3H3. The van der Waals surface area contributed by atoms with Gasteiger partial charge in [-0.25, -0.2) is 4.98 Å². The highest BCUT2D eigenvalue weighted by molar-refractivity contribution is 5.43. The van der Waals surface area contributed by atoms with E-state index >= 15 is 0 Å². The fourth-order valence-electron chi connectivity index (χ4n) is 2.16. The van der Waals surface area contributed by atoms with Crippen LogP contribution in [0.25, 0.3) is 0 Å². The van der Waals surface area contributed by atoms with Crippen LogP contribution in [0.15, 0.2) is 12.1 Å². The Bertz CT molecular complexity index is 433. The van der Waals surface area contributed by atoms with Gasteiger partial charge in [0.2, 0.25) is 0 Å². The number of rotatable bonds is 8. The first-order valence-electron chi connectivity index (χ1n) is 7.35. The fraction of sp³-hybridized carbons (Fsp3) is 0.667. The topological polar surface area (TPSA) is 28.2 Å². The third kappa shape index (κ3) is 6.80. The summed E-state index contributed by atoms with van der Waals surface area (Å²) in [7, 11) is 0. The summed E-state index contributed by atoms with van der Waals surface area (Å²) in [5.74, 6) is 0.405. The van der Waals surface area contributed by atoms with Crippen molar-refractivity contribution < 1.29 is 13.2 Å². The van der Waals surface area contributed by atoms with Crippen molar-refractivity contribution in [3.05, 3.63) is 23.4 Å². The number of hydrogen-bond acceptors (Lipinski definition) is 3. The Hall–Kier alpha value is -1.30. The van der Waals surface area contributed by atoms with Crippen LogP contribution in [0.3, 0.4) is 0 Å². The summed E-state index contributed by atoms with van der Waals surface area (Å²) in [5.41, 5.74) is 1.71. The van der Waals surface area contributed by atoms with Gasteiger partial charge in [0.15, 0.2) is 0 Å². The molecule has 0 atom stereocenters. The maximum atomic E-state index is 12.7. The number of aromatic nitrogens is 1. The summed E-state index contributed by atoms with van der Waals surface area (Å²) in [6.45, 7) is 6.67. The number of alkyl halides is 3. The minimum Gasteiger partial charge on any atom is -0.348 e. The maximum Gasteiger partial charge on any atom is 0.405 e. The summed E-state index contributed by atoms with van der Waals surface area (Å²) >= 11 is 0. The molecule has 0 fully saturated rings. The third-order valence-electron chi connectivity index (χ3n) is 2.94. The highest BCUT2D eigenvalue weighted by Gasteiger charge is 2.31. The Morgan fingerprint density at radius 2 is 1.90 bits per heavy atom. The average molecular weight is 303 g/mol. The van der Waals surface area contributed by atoms with Gasteiger partial charge >= 0.3 is 6.18 Å². The molecule has 1 aromatic rings. The minimum atomic E-state index is -4.22. The number of nitrogens with one attached hydrogen (secondary N) is 1. The van der Waals surface area contributed by atoms with Crippen LogP contribution in [0.1, 0.15) is 37.9 Å². The van der Waals surface area contributed by atoms with Gasteiger partial charge in [0.05, 0.1) is 0 Å². The van der Waals surface area contributed by atoms with E-state index in [4.69, 9.17) is 0 Å².